The van der Waals surface area contributed by atoms with E-state index >= 15 is 0 Å². The lowest BCUT2D eigenvalue weighted by Crippen LogP contribution is -2.25. The standard InChI is InChI=1S/C9H7F2NO2.C7H7F3N4O/c10-5-3-6(11)9-7(4-5)14-2-1-8(13)12-9;8-7(9,10)3-1-2-4-12-6(5(11)15)13-14(3)4/h3-4H,1-2H2,(H,12,13);3H,1-2H2,(H2,11,15). The van der Waals surface area contributed by atoms with Crippen molar-refractivity contribution >= 4 is 17.5 Å². The molecule has 1 aromatic heterocycles. The molecule has 0 bridgehead atoms. The molecule has 1 unspecified atom stereocenters. The summed E-state index contributed by atoms with van der Waals surface area (Å²) in [6.45, 7) is 0.127. The van der Waals surface area contributed by atoms with Gasteiger partial charge >= 0.3 is 6.18 Å². The molecule has 0 spiro atoms. The van der Waals surface area contributed by atoms with Gasteiger partial charge in [0.05, 0.1) is 13.0 Å². The monoisotopic (exact) mass is 419 g/mol. The molecule has 0 saturated carbocycles. The number of rotatable bonds is 1. The number of carbonyl (C=O) groups excluding carboxylic acids is 2. The summed E-state index contributed by atoms with van der Waals surface area (Å²) < 4.78 is 69.0. The van der Waals surface area contributed by atoms with E-state index in [9.17, 15) is 31.5 Å². The second-order valence-corrected chi connectivity index (χ2v) is 6.16. The molecule has 3 N–H and O–H groups in total. The number of hydrogen-bond donors (Lipinski definition) is 2. The van der Waals surface area contributed by atoms with Gasteiger partial charge < -0.3 is 15.8 Å². The Balaban J connectivity index is 0.000000166. The first-order valence-corrected chi connectivity index (χ1v) is 8.30. The number of anilines is 1. The molecule has 3 heterocycles. The van der Waals surface area contributed by atoms with Gasteiger partial charge in [0, 0.05) is 18.6 Å². The number of fused-ring (bicyclic) bond motifs is 2. The maximum Gasteiger partial charge on any atom is 0.410 e. The normalized spacial score (nSPS) is 17.8. The van der Waals surface area contributed by atoms with Gasteiger partial charge in [-0.05, 0) is 6.42 Å². The van der Waals surface area contributed by atoms with E-state index in [4.69, 9.17) is 10.5 Å². The van der Waals surface area contributed by atoms with Crippen LogP contribution in [0.5, 0.6) is 5.75 Å². The topological polar surface area (TPSA) is 112 Å². The fourth-order valence-electron chi connectivity index (χ4n) is 2.81. The number of alkyl halides is 3. The van der Waals surface area contributed by atoms with E-state index in [2.05, 4.69) is 15.4 Å². The Morgan fingerprint density at radius 3 is 2.66 bits per heavy atom. The van der Waals surface area contributed by atoms with E-state index < -0.39 is 29.8 Å². The first-order chi connectivity index (χ1) is 13.6. The molecule has 2 aliphatic rings. The van der Waals surface area contributed by atoms with Crippen molar-refractivity contribution < 1.29 is 36.3 Å². The summed E-state index contributed by atoms with van der Waals surface area (Å²) in [5.74, 6) is -2.97. The number of nitrogens with one attached hydrogen (secondary N) is 1. The molecule has 0 fully saturated rings. The number of ether oxygens (including phenoxy) is 1. The highest BCUT2D eigenvalue weighted by Gasteiger charge is 2.46. The Labute approximate surface area is 159 Å². The van der Waals surface area contributed by atoms with Crippen molar-refractivity contribution in [2.24, 2.45) is 5.73 Å². The molecule has 13 heteroatoms. The Kier molecular flexibility index (Phi) is 5.40. The van der Waals surface area contributed by atoms with Crippen LogP contribution in [-0.2, 0) is 11.2 Å². The van der Waals surface area contributed by atoms with Crippen molar-refractivity contribution in [2.45, 2.75) is 31.5 Å². The maximum absolute atomic E-state index is 13.2. The minimum absolute atomic E-state index is 0.0355. The van der Waals surface area contributed by atoms with Crippen molar-refractivity contribution in [1.82, 2.24) is 14.8 Å². The second-order valence-electron chi connectivity index (χ2n) is 6.16. The van der Waals surface area contributed by atoms with E-state index in [1.54, 1.807) is 0 Å². The molecule has 0 radical (unpaired) electrons. The molecule has 29 heavy (non-hydrogen) atoms. The van der Waals surface area contributed by atoms with Crippen LogP contribution >= 0.6 is 0 Å². The number of nitrogens with two attached hydrogens (primary N) is 1. The number of aromatic nitrogens is 3. The van der Waals surface area contributed by atoms with Crippen molar-refractivity contribution in [2.75, 3.05) is 11.9 Å². The summed E-state index contributed by atoms with van der Waals surface area (Å²) in [5.41, 5.74) is 4.78. The van der Waals surface area contributed by atoms with E-state index in [1.807, 2.05) is 0 Å². The van der Waals surface area contributed by atoms with E-state index in [-0.39, 0.29) is 54.9 Å². The van der Waals surface area contributed by atoms with Gasteiger partial charge in [0.2, 0.25) is 11.7 Å². The van der Waals surface area contributed by atoms with Crippen LogP contribution in [-0.4, -0.2) is 39.4 Å². The summed E-state index contributed by atoms with van der Waals surface area (Å²) in [6, 6.07) is 0.0609. The third-order valence-corrected chi connectivity index (χ3v) is 4.11. The third kappa shape index (κ3) is 4.43. The van der Waals surface area contributed by atoms with Crippen LogP contribution < -0.4 is 15.8 Å². The van der Waals surface area contributed by atoms with Gasteiger partial charge in [0.15, 0.2) is 5.82 Å². The van der Waals surface area contributed by atoms with Crippen molar-refractivity contribution in [3.63, 3.8) is 0 Å². The zero-order chi connectivity index (χ0) is 21.3. The predicted molar refractivity (Wildman–Crippen MR) is 87.1 cm³/mol. The van der Waals surface area contributed by atoms with E-state index in [1.165, 1.54) is 0 Å². The molecule has 0 saturated heterocycles. The van der Waals surface area contributed by atoms with E-state index in [0.29, 0.717) is 6.07 Å². The van der Waals surface area contributed by atoms with Gasteiger partial charge in [-0.2, -0.15) is 13.2 Å². The van der Waals surface area contributed by atoms with Crippen LogP contribution in [0.15, 0.2) is 12.1 Å². The van der Waals surface area contributed by atoms with Crippen molar-refractivity contribution in [1.29, 1.82) is 0 Å². The smallest absolute Gasteiger partial charge is 0.410 e. The number of primary amides is 1. The number of carbonyl (C=O) groups is 2. The summed E-state index contributed by atoms with van der Waals surface area (Å²) in [6.07, 6.45) is -4.16. The van der Waals surface area contributed by atoms with Gasteiger partial charge in [0.1, 0.15) is 29.1 Å². The number of amides is 2. The Morgan fingerprint density at radius 1 is 1.28 bits per heavy atom. The average Bonchev–Trinajstić information content (AvgIpc) is 3.12. The highest BCUT2D eigenvalue weighted by molar-refractivity contribution is 5.93. The van der Waals surface area contributed by atoms with Gasteiger partial charge in [-0.3, -0.25) is 9.59 Å². The zero-order valence-electron chi connectivity index (χ0n) is 14.6. The van der Waals surface area contributed by atoms with Gasteiger partial charge in [-0.25, -0.2) is 18.4 Å². The van der Waals surface area contributed by atoms with Crippen LogP contribution in [0.4, 0.5) is 27.6 Å². The van der Waals surface area contributed by atoms with Crippen LogP contribution in [0.3, 0.4) is 0 Å². The van der Waals surface area contributed by atoms with Gasteiger partial charge in [-0.1, -0.05) is 0 Å². The molecule has 2 aliphatic heterocycles. The predicted octanol–water partition coefficient (Wildman–Crippen LogP) is 2.11. The quantitative estimate of drug-likeness (QED) is 0.688. The molecule has 4 rings (SSSR count). The number of benzene rings is 1. The Bertz CT molecular complexity index is 959. The molecule has 8 nitrogen and oxygen atoms in total. The lowest BCUT2D eigenvalue weighted by molar-refractivity contribution is -0.168. The van der Waals surface area contributed by atoms with Crippen molar-refractivity contribution in [3.05, 3.63) is 35.4 Å². The Morgan fingerprint density at radius 2 is 2.00 bits per heavy atom. The van der Waals surface area contributed by atoms with Gasteiger partial charge in [0.25, 0.3) is 5.91 Å². The lowest BCUT2D eigenvalue weighted by atomic mass is 10.2. The van der Waals surface area contributed by atoms with E-state index in [0.717, 1.165) is 10.7 Å². The van der Waals surface area contributed by atoms with Gasteiger partial charge in [-0.15, -0.1) is 5.10 Å². The maximum atomic E-state index is 13.2. The number of hydrogen-bond acceptors (Lipinski definition) is 5. The summed E-state index contributed by atoms with van der Waals surface area (Å²) in [7, 11) is 0. The van der Waals surface area contributed by atoms with Crippen LogP contribution in [0.2, 0.25) is 0 Å². The minimum atomic E-state index is -4.37. The fourth-order valence-corrected chi connectivity index (χ4v) is 2.81. The number of aryl methyl sites for hydroxylation is 1. The molecule has 2 aromatic rings. The first-order valence-electron chi connectivity index (χ1n) is 8.30. The number of halogens is 5. The molecular weight excluding hydrogens is 405 g/mol. The molecule has 156 valence electrons. The third-order valence-electron chi connectivity index (χ3n) is 4.11. The second kappa shape index (κ2) is 7.64. The highest BCUT2D eigenvalue weighted by atomic mass is 19.4. The van der Waals surface area contributed by atoms with Crippen LogP contribution in [0, 0.1) is 11.6 Å². The minimum Gasteiger partial charge on any atom is -0.491 e. The zero-order valence-corrected chi connectivity index (χ0v) is 14.6. The largest absolute Gasteiger partial charge is 0.491 e. The summed E-state index contributed by atoms with van der Waals surface area (Å²) in [4.78, 5) is 25.3. The fraction of sp³-hybridized carbons (Fsp3) is 0.375. The molecule has 1 atom stereocenters. The van der Waals surface area contributed by atoms with Crippen LogP contribution in [0.25, 0.3) is 0 Å². The summed E-state index contributed by atoms with van der Waals surface area (Å²) in [5, 5.41) is 5.76. The van der Waals surface area contributed by atoms with Crippen molar-refractivity contribution in [3.8, 4) is 5.75 Å². The molecular formula is C16H14F5N5O3. The summed E-state index contributed by atoms with van der Waals surface area (Å²) >= 11 is 0. The molecule has 2 amide bonds. The number of nitrogens with zero attached hydrogens (tertiary/aromatic N) is 3. The Hall–Kier alpha value is -3.25. The SMILES string of the molecule is NC(=O)c1nc2n(n1)C(C(F)(F)F)CC2.O=C1CCOc2cc(F)cc(F)c2N1. The molecule has 0 aliphatic carbocycles. The highest BCUT2D eigenvalue weighted by Crippen LogP contribution is 2.38. The average molecular weight is 419 g/mol. The lowest BCUT2D eigenvalue weighted by Gasteiger charge is -2.14. The van der Waals surface area contributed by atoms with Crippen LogP contribution in [0.1, 0.15) is 35.3 Å². The molecule has 1 aromatic carbocycles. The first kappa shape index (κ1) is 20.5.